The van der Waals surface area contributed by atoms with E-state index in [1.807, 2.05) is 24.3 Å². The first-order valence-corrected chi connectivity index (χ1v) is 10.9. The fourth-order valence-corrected chi connectivity index (χ4v) is 3.36. The third-order valence-corrected chi connectivity index (χ3v) is 5.24. The van der Waals surface area contributed by atoms with Gasteiger partial charge in [-0.25, -0.2) is 21.1 Å². The maximum atomic E-state index is 12.4. The van der Waals surface area contributed by atoms with Crippen LogP contribution < -0.4 is 21.0 Å². The Morgan fingerprint density at radius 3 is 2.53 bits per heavy atom. The van der Waals surface area contributed by atoms with Gasteiger partial charge in [-0.2, -0.15) is 5.10 Å². The molecule has 0 radical (unpaired) electrons. The van der Waals surface area contributed by atoms with Crippen LogP contribution in [-0.2, 0) is 9.53 Å². The Balaban J connectivity index is 1.45. The van der Waals surface area contributed by atoms with Crippen molar-refractivity contribution >= 4 is 18.1 Å². The molecule has 0 aliphatic carbocycles. The summed E-state index contributed by atoms with van der Waals surface area (Å²) in [6.07, 6.45) is 5.53. The number of nitrogens with zero attached hydrogens (tertiary/aromatic N) is 1. The van der Waals surface area contributed by atoms with Crippen molar-refractivity contribution in [1.82, 2.24) is 16.3 Å². The Hall–Kier alpha value is -3.23. The monoisotopic (exact) mass is 438 g/mol. The molecule has 1 aliphatic rings. The van der Waals surface area contributed by atoms with Crippen LogP contribution in [0.2, 0.25) is 0 Å². The number of unbranched alkanes of at least 4 members (excludes halogenated alkanes) is 2. The number of hydrogen-bond donors (Lipinski definition) is 3. The molecule has 2 aromatic rings. The normalized spacial score (nSPS) is 17.9. The molecule has 3 N–H and O–H groups in total. The minimum atomic E-state index is -0.399. The fraction of sp³-hybridized carbons (Fsp3) is 0.375. The summed E-state index contributed by atoms with van der Waals surface area (Å²) >= 11 is 0. The molecule has 1 fully saturated rings. The first-order valence-electron chi connectivity index (χ1n) is 10.9. The fourth-order valence-electron chi connectivity index (χ4n) is 3.36. The van der Waals surface area contributed by atoms with E-state index in [1.165, 1.54) is 26.2 Å². The molecule has 0 bridgehead atoms. The number of rotatable bonds is 10. The summed E-state index contributed by atoms with van der Waals surface area (Å²) in [6.45, 7) is 2.90. The van der Waals surface area contributed by atoms with Crippen LogP contribution in [0.15, 0.2) is 53.6 Å². The lowest BCUT2D eigenvalue weighted by Crippen LogP contribution is -2.41. The highest BCUT2D eigenvalue weighted by Crippen LogP contribution is 2.24. The van der Waals surface area contributed by atoms with Gasteiger partial charge < -0.3 is 9.47 Å². The summed E-state index contributed by atoms with van der Waals surface area (Å²) in [7, 11) is 1.34. The number of hydrazine groups is 1. The van der Waals surface area contributed by atoms with Crippen molar-refractivity contribution in [3.8, 4) is 5.75 Å². The lowest BCUT2D eigenvalue weighted by Gasteiger charge is -2.11. The van der Waals surface area contributed by atoms with Gasteiger partial charge in [-0.15, -0.1) is 0 Å². The predicted molar refractivity (Wildman–Crippen MR) is 122 cm³/mol. The molecular weight excluding hydrogens is 408 g/mol. The lowest BCUT2D eigenvalue weighted by molar-refractivity contribution is -0.122. The first-order chi connectivity index (χ1) is 15.6. The minimum Gasteiger partial charge on any atom is -0.494 e. The number of carbonyl (C=O) groups is 2. The third kappa shape index (κ3) is 6.63. The zero-order valence-corrected chi connectivity index (χ0v) is 18.5. The van der Waals surface area contributed by atoms with Gasteiger partial charge in [0.05, 0.1) is 25.5 Å². The second-order valence-corrected chi connectivity index (χ2v) is 7.60. The lowest BCUT2D eigenvalue weighted by atomic mass is 10.0. The van der Waals surface area contributed by atoms with Crippen LogP contribution in [0, 0.1) is 0 Å². The summed E-state index contributed by atoms with van der Waals surface area (Å²) in [5, 5.41) is 4.01. The molecule has 1 saturated heterocycles. The molecule has 1 heterocycles. The average Bonchev–Trinajstić information content (AvgIpc) is 3.33. The van der Waals surface area contributed by atoms with Crippen molar-refractivity contribution in [3.63, 3.8) is 0 Å². The molecule has 2 unspecified atom stereocenters. The topological polar surface area (TPSA) is 101 Å². The van der Waals surface area contributed by atoms with Crippen LogP contribution in [0.1, 0.15) is 60.1 Å². The first kappa shape index (κ1) is 23.4. The second-order valence-electron chi connectivity index (χ2n) is 7.60. The Labute approximate surface area is 188 Å². The van der Waals surface area contributed by atoms with Crippen molar-refractivity contribution < 1.29 is 19.1 Å². The van der Waals surface area contributed by atoms with Crippen molar-refractivity contribution in [1.29, 1.82) is 0 Å². The summed E-state index contributed by atoms with van der Waals surface area (Å²) in [6, 6.07) is 14.3. The van der Waals surface area contributed by atoms with E-state index in [0.29, 0.717) is 12.0 Å². The van der Waals surface area contributed by atoms with Gasteiger partial charge in [0.1, 0.15) is 11.8 Å². The van der Waals surface area contributed by atoms with E-state index < -0.39 is 12.0 Å². The van der Waals surface area contributed by atoms with E-state index in [-0.39, 0.29) is 11.9 Å². The van der Waals surface area contributed by atoms with Crippen molar-refractivity contribution in [3.05, 3.63) is 65.2 Å². The molecule has 8 nitrogen and oxygen atoms in total. The zero-order valence-electron chi connectivity index (χ0n) is 18.5. The number of carbonyl (C=O) groups excluding carboxylic acids is 2. The SMILES string of the molecule is CCCCCOc1ccc(C2CC(C(=O)N/N=C\c3ccc(C(=O)OC)cc3)NN2)cc1. The molecule has 0 saturated carbocycles. The molecule has 32 heavy (non-hydrogen) atoms. The van der Waals surface area contributed by atoms with Crippen molar-refractivity contribution in [2.75, 3.05) is 13.7 Å². The summed E-state index contributed by atoms with van der Waals surface area (Å²) < 4.78 is 10.4. The highest BCUT2D eigenvalue weighted by Gasteiger charge is 2.30. The predicted octanol–water partition coefficient (Wildman–Crippen LogP) is 3.10. The van der Waals surface area contributed by atoms with E-state index in [2.05, 4.69) is 33.0 Å². The molecule has 0 spiro atoms. The third-order valence-electron chi connectivity index (χ3n) is 5.24. The van der Waals surface area contributed by atoms with E-state index in [1.54, 1.807) is 24.3 Å². The van der Waals surface area contributed by atoms with Crippen LogP contribution in [0.4, 0.5) is 0 Å². The minimum absolute atomic E-state index is 0.0229. The van der Waals surface area contributed by atoms with Crippen LogP contribution in [-0.4, -0.2) is 37.8 Å². The van der Waals surface area contributed by atoms with Gasteiger partial charge in [0.25, 0.3) is 5.91 Å². The zero-order chi connectivity index (χ0) is 22.8. The number of hydrazone groups is 1. The Morgan fingerprint density at radius 2 is 1.84 bits per heavy atom. The van der Waals surface area contributed by atoms with Crippen LogP contribution >= 0.6 is 0 Å². The Morgan fingerprint density at radius 1 is 1.09 bits per heavy atom. The molecular formula is C24H30N4O4. The quantitative estimate of drug-likeness (QED) is 0.228. The Bertz CT molecular complexity index is 913. The smallest absolute Gasteiger partial charge is 0.337 e. The molecule has 1 amide bonds. The molecule has 2 atom stereocenters. The number of hydrogen-bond acceptors (Lipinski definition) is 7. The highest BCUT2D eigenvalue weighted by molar-refractivity contribution is 5.91. The maximum absolute atomic E-state index is 12.4. The van der Waals surface area contributed by atoms with Crippen LogP contribution in [0.5, 0.6) is 5.75 Å². The standard InChI is InChI=1S/C24H30N4O4/c1-3-4-5-14-32-20-12-10-18(11-13-20)21-15-22(27-26-21)23(29)28-25-16-17-6-8-19(9-7-17)24(30)31-2/h6-13,16,21-22,26-27H,3-5,14-15H2,1-2H3,(H,28,29)/b25-16-. The van der Waals surface area contributed by atoms with Crippen molar-refractivity contribution in [2.24, 2.45) is 5.10 Å². The highest BCUT2D eigenvalue weighted by atomic mass is 16.5. The Kier molecular flexibility index (Phi) is 8.77. The largest absolute Gasteiger partial charge is 0.494 e. The van der Waals surface area contributed by atoms with Gasteiger partial charge in [0.15, 0.2) is 0 Å². The summed E-state index contributed by atoms with van der Waals surface area (Å²) in [4.78, 5) is 23.9. The van der Waals surface area contributed by atoms with Gasteiger partial charge in [0, 0.05) is 6.04 Å². The van der Waals surface area contributed by atoms with Gasteiger partial charge in [-0.3, -0.25) is 4.79 Å². The van der Waals surface area contributed by atoms with Crippen LogP contribution in [0.25, 0.3) is 0 Å². The molecule has 0 aromatic heterocycles. The number of benzene rings is 2. The maximum Gasteiger partial charge on any atom is 0.337 e. The average molecular weight is 439 g/mol. The van der Waals surface area contributed by atoms with Gasteiger partial charge in [-0.05, 0) is 48.2 Å². The number of esters is 1. The number of amides is 1. The summed E-state index contributed by atoms with van der Waals surface area (Å²) in [5.74, 6) is 0.239. The van der Waals surface area contributed by atoms with E-state index in [4.69, 9.17) is 4.74 Å². The van der Waals surface area contributed by atoms with Gasteiger partial charge in [-0.1, -0.05) is 44.0 Å². The number of nitrogens with one attached hydrogen (secondary N) is 3. The molecule has 1 aliphatic heterocycles. The van der Waals surface area contributed by atoms with E-state index in [9.17, 15) is 9.59 Å². The molecule has 8 heteroatoms. The van der Waals surface area contributed by atoms with Gasteiger partial charge in [0.2, 0.25) is 0 Å². The molecule has 2 aromatic carbocycles. The van der Waals surface area contributed by atoms with Crippen LogP contribution in [0.3, 0.4) is 0 Å². The van der Waals surface area contributed by atoms with Crippen molar-refractivity contribution in [2.45, 2.75) is 44.7 Å². The van der Waals surface area contributed by atoms with E-state index in [0.717, 1.165) is 29.9 Å². The van der Waals surface area contributed by atoms with Gasteiger partial charge >= 0.3 is 5.97 Å². The molecule has 3 rings (SSSR count). The number of methoxy groups -OCH3 is 1. The molecule has 170 valence electrons. The van der Waals surface area contributed by atoms with E-state index >= 15 is 0 Å². The summed E-state index contributed by atoms with van der Waals surface area (Å²) in [5.41, 5.74) is 11.0. The second kappa shape index (κ2) is 12.0. The number of ether oxygens (including phenoxy) is 2.